The predicted octanol–water partition coefficient (Wildman–Crippen LogP) is 8.45. The van der Waals surface area contributed by atoms with E-state index in [1.54, 1.807) is 6.08 Å². The van der Waals surface area contributed by atoms with Gasteiger partial charge in [-0.1, -0.05) is 61.2 Å². The van der Waals surface area contributed by atoms with Gasteiger partial charge in [0.1, 0.15) is 0 Å². The first-order valence-corrected chi connectivity index (χ1v) is 10.5. The second-order valence-corrected chi connectivity index (χ2v) is 7.39. The van der Waals surface area contributed by atoms with Gasteiger partial charge >= 0.3 is 0 Å². The van der Waals surface area contributed by atoms with Crippen molar-refractivity contribution in [3.05, 3.63) is 133 Å². The molecule has 0 aliphatic rings. The number of benzene rings is 3. The van der Waals surface area contributed by atoms with Gasteiger partial charge in [-0.15, -0.1) is 0 Å². The maximum atomic E-state index is 4.24. The van der Waals surface area contributed by atoms with Crippen LogP contribution in [0.2, 0.25) is 0 Å². The Morgan fingerprint density at radius 2 is 1.29 bits per heavy atom. The lowest BCUT2D eigenvalue weighted by Crippen LogP contribution is -2.18. The van der Waals surface area contributed by atoms with Crippen molar-refractivity contribution in [1.82, 2.24) is 0 Å². The summed E-state index contributed by atoms with van der Waals surface area (Å²) in [6.07, 6.45) is 7.80. The van der Waals surface area contributed by atoms with Crippen molar-refractivity contribution in [1.29, 1.82) is 0 Å². The molecule has 0 aromatic heterocycles. The fraction of sp³-hybridized carbons (Fsp3) is 0.103. The standard InChI is InChI=1S/C29H30N2/c1-6-11-24(4)30(25(5)12-7-2)27-19-21-29(22-20-27)31(26-13-9-8-10-14-26)28-17-15-23(3)16-18-28/h6-22H,1,5H2,2-4H3/b12-7-,24-11+. The van der Waals surface area contributed by atoms with E-state index in [2.05, 4.69) is 110 Å². The Kier molecular flexibility index (Phi) is 7.29. The number of nitrogens with zero attached hydrogens (tertiary/aromatic N) is 2. The van der Waals surface area contributed by atoms with Gasteiger partial charge in [0.2, 0.25) is 0 Å². The van der Waals surface area contributed by atoms with Gasteiger partial charge in [0.25, 0.3) is 0 Å². The molecule has 3 aromatic rings. The molecule has 0 spiro atoms. The zero-order valence-corrected chi connectivity index (χ0v) is 18.6. The first-order chi connectivity index (χ1) is 15.0. The highest BCUT2D eigenvalue weighted by molar-refractivity contribution is 5.78. The normalized spacial score (nSPS) is 11.4. The molecule has 31 heavy (non-hydrogen) atoms. The minimum Gasteiger partial charge on any atom is -0.315 e. The molecule has 0 unspecified atom stereocenters. The van der Waals surface area contributed by atoms with Crippen molar-refractivity contribution in [2.45, 2.75) is 20.8 Å². The number of hydrogen-bond acceptors (Lipinski definition) is 2. The third-order valence-corrected chi connectivity index (χ3v) is 5.03. The second kappa shape index (κ2) is 10.3. The zero-order valence-electron chi connectivity index (χ0n) is 18.6. The molecule has 2 nitrogen and oxygen atoms in total. The summed E-state index contributed by atoms with van der Waals surface area (Å²) in [5.74, 6) is 0. The van der Waals surface area contributed by atoms with Crippen LogP contribution in [0.25, 0.3) is 0 Å². The second-order valence-electron chi connectivity index (χ2n) is 7.39. The molecule has 0 atom stereocenters. The lowest BCUT2D eigenvalue weighted by Gasteiger charge is -2.28. The maximum absolute atomic E-state index is 4.24. The third kappa shape index (κ3) is 5.23. The maximum Gasteiger partial charge on any atom is 0.0463 e. The number of allylic oxidation sites excluding steroid dienone is 5. The molecule has 156 valence electrons. The first kappa shape index (κ1) is 21.9. The molecule has 0 N–H and O–H groups in total. The van der Waals surface area contributed by atoms with Crippen LogP contribution in [-0.4, -0.2) is 0 Å². The molecule has 0 fully saturated rings. The van der Waals surface area contributed by atoms with E-state index in [9.17, 15) is 0 Å². The Bertz CT molecular complexity index is 1070. The van der Waals surface area contributed by atoms with Crippen molar-refractivity contribution < 1.29 is 0 Å². The zero-order chi connectivity index (χ0) is 22.2. The number of hydrogen-bond donors (Lipinski definition) is 0. The minimum absolute atomic E-state index is 0.907. The van der Waals surface area contributed by atoms with E-state index in [1.165, 1.54) is 5.56 Å². The summed E-state index contributed by atoms with van der Waals surface area (Å²) >= 11 is 0. The van der Waals surface area contributed by atoms with Crippen molar-refractivity contribution >= 4 is 22.7 Å². The topological polar surface area (TPSA) is 6.48 Å². The highest BCUT2D eigenvalue weighted by Crippen LogP contribution is 2.36. The van der Waals surface area contributed by atoms with Crippen LogP contribution in [0.4, 0.5) is 22.7 Å². The van der Waals surface area contributed by atoms with Crippen LogP contribution in [-0.2, 0) is 0 Å². The quantitative estimate of drug-likeness (QED) is 0.346. The summed E-state index contributed by atoms with van der Waals surface area (Å²) in [5, 5.41) is 0. The molecule has 0 saturated heterocycles. The van der Waals surface area contributed by atoms with Gasteiger partial charge in [-0.25, -0.2) is 0 Å². The lowest BCUT2D eigenvalue weighted by molar-refractivity contribution is 1.10. The van der Waals surface area contributed by atoms with Crippen molar-refractivity contribution in [3.63, 3.8) is 0 Å². The molecule has 3 rings (SSSR count). The summed E-state index contributed by atoms with van der Waals surface area (Å²) in [5.41, 5.74) is 7.61. The van der Waals surface area contributed by atoms with E-state index >= 15 is 0 Å². The van der Waals surface area contributed by atoms with Crippen molar-refractivity contribution in [3.8, 4) is 0 Å². The van der Waals surface area contributed by atoms with Gasteiger partial charge in [0, 0.05) is 34.1 Å². The molecule has 0 saturated carbocycles. The fourth-order valence-corrected chi connectivity index (χ4v) is 3.58. The van der Waals surface area contributed by atoms with Gasteiger partial charge in [-0.05, 0) is 81.5 Å². The molecular weight excluding hydrogens is 376 g/mol. The van der Waals surface area contributed by atoms with E-state index in [4.69, 9.17) is 0 Å². The molecule has 2 heteroatoms. The molecule has 0 bridgehead atoms. The number of anilines is 4. The van der Waals surface area contributed by atoms with E-state index in [1.807, 2.05) is 31.2 Å². The van der Waals surface area contributed by atoms with Crippen molar-refractivity contribution in [2.24, 2.45) is 0 Å². The lowest BCUT2D eigenvalue weighted by atomic mass is 10.1. The minimum atomic E-state index is 0.907. The Labute approximate surface area is 186 Å². The molecule has 0 heterocycles. The van der Waals surface area contributed by atoms with Crippen LogP contribution in [0.1, 0.15) is 19.4 Å². The molecule has 0 amide bonds. The molecule has 0 aliphatic heterocycles. The Balaban J connectivity index is 2.04. The van der Waals surface area contributed by atoms with Gasteiger partial charge in [0.05, 0.1) is 0 Å². The van der Waals surface area contributed by atoms with E-state index in [-0.39, 0.29) is 0 Å². The fourth-order valence-electron chi connectivity index (χ4n) is 3.58. The van der Waals surface area contributed by atoms with E-state index in [0.29, 0.717) is 0 Å². The van der Waals surface area contributed by atoms with Crippen LogP contribution in [0.3, 0.4) is 0 Å². The van der Waals surface area contributed by atoms with Gasteiger partial charge < -0.3 is 9.80 Å². The smallest absolute Gasteiger partial charge is 0.0463 e. The Morgan fingerprint density at radius 3 is 1.84 bits per heavy atom. The number of aryl methyl sites for hydroxylation is 1. The average molecular weight is 407 g/mol. The van der Waals surface area contributed by atoms with Crippen molar-refractivity contribution in [2.75, 3.05) is 9.80 Å². The molecular formula is C29H30N2. The molecule has 0 radical (unpaired) electrons. The average Bonchev–Trinajstić information content (AvgIpc) is 2.78. The molecule has 0 aliphatic carbocycles. The van der Waals surface area contributed by atoms with Crippen LogP contribution in [0, 0.1) is 6.92 Å². The number of rotatable bonds is 8. The van der Waals surface area contributed by atoms with Crippen LogP contribution < -0.4 is 9.80 Å². The Hall–Kier alpha value is -3.78. The van der Waals surface area contributed by atoms with Crippen LogP contribution in [0.15, 0.2) is 128 Å². The first-order valence-electron chi connectivity index (χ1n) is 10.5. The summed E-state index contributed by atoms with van der Waals surface area (Å²) in [4.78, 5) is 4.39. The predicted molar refractivity (Wildman–Crippen MR) is 136 cm³/mol. The largest absolute Gasteiger partial charge is 0.315 e. The summed E-state index contributed by atoms with van der Waals surface area (Å²) in [7, 11) is 0. The van der Waals surface area contributed by atoms with Crippen LogP contribution in [0.5, 0.6) is 0 Å². The number of para-hydroxylation sites is 1. The highest BCUT2D eigenvalue weighted by Gasteiger charge is 2.14. The molecule has 3 aromatic carbocycles. The summed E-state index contributed by atoms with van der Waals surface area (Å²) < 4.78 is 0. The summed E-state index contributed by atoms with van der Waals surface area (Å²) in [6, 6.07) is 27.6. The SMILES string of the molecule is C=C/C=C(\C)N(C(=C)/C=C\C)c1ccc(N(c2ccccc2)c2ccc(C)cc2)cc1. The Morgan fingerprint density at radius 1 is 0.774 bits per heavy atom. The third-order valence-electron chi connectivity index (χ3n) is 5.03. The monoisotopic (exact) mass is 406 g/mol. The van der Waals surface area contributed by atoms with Crippen LogP contribution >= 0.6 is 0 Å². The van der Waals surface area contributed by atoms with Gasteiger partial charge in [0.15, 0.2) is 0 Å². The van der Waals surface area contributed by atoms with E-state index < -0.39 is 0 Å². The van der Waals surface area contributed by atoms with Gasteiger partial charge in [-0.2, -0.15) is 0 Å². The van der Waals surface area contributed by atoms with E-state index in [0.717, 1.165) is 34.1 Å². The van der Waals surface area contributed by atoms with Gasteiger partial charge in [-0.3, -0.25) is 0 Å². The summed E-state index contributed by atoms with van der Waals surface area (Å²) in [6.45, 7) is 14.2. The highest BCUT2D eigenvalue weighted by atomic mass is 15.2.